The summed E-state index contributed by atoms with van der Waals surface area (Å²) in [6.07, 6.45) is 0. The van der Waals surface area contributed by atoms with Crippen molar-refractivity contribution in [1.82, 2.24) is 0 Å². The lowest BCUT2D eigenvalue weighted by Gasteiger charge is -2.26. The van der Waals surface area contributed by atoms with Crippen molar-refractivity contribution in [2.45, 2.75) is 13.0 Å². The zero-order valence-corrected chi connectivity index (χ0v) is 20.8. The number of rotatable bonds is 5. The molecule has 0 radical (unpaired) electrons. The molecule has 0 bridgehead atoms. The van der Waals surface area contributed by atoms with E-state index in [1.165, 1.54) is 19.1 Å². The number of ether oxygens (including phenoxy) is 2. The topological polar surface area (TPSA) is 93.1 Å². The number of hydrogen-bond acceptors (Lipinski definition) is 6. The number of hydrogen-bond donors (Lipinski definition) is 1. The van der Waals surface area contributed by atoms with Gasteiger partial charge in [-0.05, 0) is 66.6 Å². The van der Waals surface area contributed by atoms with Crippen LogP contribution in [0, 0.1) is 6.92 Å². The van der Waals surface area contributed by atoms with E-state index in [2.05, 4.69) is 15.9 Å². The number of amides is 1. The predicted octanol–water partition coefficient (Wildman–Crippen LogP) is 5.18. The highest BCUT2D eigenvalue weighted by Gasteiger charge is 2.47. The van der Waals surface area contributed by atoms with E-state index < -0.39 is 23.7 Å². The van der Waals surface area contributed by atoms with Crippen LogP contribution < -0.4 is 9.64 Å². The van der Waals surface area contributed by atoms with Gasteiger partial charge in [0.2, 0.25) is 0 Å². The van der Waals surface area contributed by atoms with Gasteiger partial charge in [0.1, 0.15) is 11.5 Å². The highest BCUT2D eigenvalue weighted by molar-refractivity contribution is 9.10. The maximum atomic E-state index is 13.3. The van der Waals surface area contributed by atoms with Gasteiger partial charge in [0.05, 0.1) is 31.4 Å². The van der Waals surface area contributed by atoms with Crippen LogP contribution in [0.1, 0.15) is 33.1 Å². The van der Waals surface area contributed by atoms with Crippen molar-refractivity contribution in [1.29, 1.82) is 0 Å². The first-order valence-corrected chi connectivity index (χ1v) is 11.5. The molecule has 0 aromatic heterocycles. The van der Waals surface area contributed by atoms with Crippen molar-refractivity contribution in [3.05, 3.63) is 99.0 Å². The van der Waals surface area contributed by atoms with E-state index in [0.717, 1.165) is 10.0 Å². The standard InChI is InChI=1S/C27H22BrNO6/c1-15-4-11-19(14-21(15)28)29-23(16-5-7-18(8-6-16)27(33)35-3)22(25(31)26(29)32)24(30)17-9-12-20(34-2)13-10-17/h4-14,23,30H,1-3H3/t23-/m1/s1. The first-order chi connectivity index (χ1) is 16.8. The van der Waals surface area contributed by atoms with Crippen LogP contribution >= 0.6 is 15.9 Å². The number of ketones is 1. The Morgan fingerprint density at radius 3 is 2.14 bits per heavy atom. The Bertz CT molecular complexity index is 1350. The summed E-state index contributed by atoms with van der Waals surface area (Å²) in [5.41, 5.74) is 2.63. The molecule has 178 valence electrons. The fraction of sp³-hybridized carbons (Fsp3) is 0.148. The van der Waals surface area contributed by atoms with Crippen molar-refractivity contribution >= 4 is 45.0 Å². The highest BCUT2D eigenvalue weighted by atomic mass is 79.9. The molecule has 1 fully saturated rings. The molecule has 8 heteroatoms. The van der Waals surface area contributed by atoms with Crippen LogP contribution in [-0.4, -0.2) is 37.0 Å². The summed E-state index contributed by atoms with van der Waals surface area (Å²) in [5.74, 6) is -1.80. The molecular weight excluding hydrogens is 514 g/mol. The minimum absolute atomic E-state index is 0.0531. The van der Waals surface area contributed by atoms with E-state index in [0.29, 0.717) is 28.1 Å². The molecule has 1 heterocycles. The molecule has 1 aliphatic heterocycles. The molecule has 3 aromatic rings. The number of halogens is 1. The average molecular weight is 536 g/mol. The van der Waals surface area contributed by atoms with E-state index >= 15 is 0 Å². The molecule has 0 saturated carbocycles. The number of esters is 1. The largest absolute Gasteiger partial charge is 0.507 e. The van der Waals surface area contributed by atoms with Crippen LogP contribution in [0.5, 0.6) is 5.75 Å². The summed E-state index contributed by atoms with van der Waals surface area (Å²) in [4.78, 5) is 39.8. The summed E-state index contributed by atoms with van der Waals surface area (Å²) in [7, 11) is 2.81. The Morgan fingerprint density at radius 1 is 0.943 bits per heavy atom. The number of anilines is 1. The second kappa shape index (κ2) is 9.76. The predicted molar refractivity (Wildman–Crippen MR) is 134 cm³/mol. The second-order valence-corrected chi connectivity index (χ2v) is 8.80. The Hall–Kier alpha value is -3.91. The van der Waals surface area contributed by atoms with Gasteiger partial charge in [-0.15, -0.1) is 0 Å². The van der Waals surface area contributed by atoms with Gasteiger partial charge in [-0.25, -0.2) is 4.79 Å². The Labute approximate surface area is 210 Å². The minimum Gasteiger partial charge on any atom is -0.507 e. The molecule has 4 rings (SSSR count). The van der Waals surface area contributed by atoms with Crippen molar-refractivity contribution in [2.75, 3.05) is 19.1 Å². The maximum Gasteiger partial charge on any atom is 0.337 e. The molecule has 7 nitrogen and oxygen atoms in total. The van der Waals surface area contributed by atoms with Crippen LogP contribution in [0.4, 0.5) is 5.69 Å². The molecule has 1 amide bonds. The molecule has 35 heavy (non-hydrogen) atoms. The molecule has 0 aliphatic carbocycles. The summed E-state index contributed by atoms with van der Waals surface area (Å²) in [6.45, 7) is 1.91. The molecule has 1 atom stereocenters. The molecule has 3 aromatic carbocycles. The second-order valence-electron chi connectivity index (χ2n) is 7.94. The van der Waals surface area contributed by atoms with E-state index in [-0.39, 0.29) is 11.3 Å². The van der Waals surface area contributed by atoms with Gasteiger partial charge in [-0.3, -0.25) is 14.5 Å². The summed E-state index contributed by atoms with van der Waals surface area (Å²) in [5, 5.41) is 11.2. The lowest BCUT2D eigenvalue weighted by atomic mass is 9.94. The highest BCUT2D eigenvalue weighted by Crippen LogP contribution is 2.43. The van der Waals surface area contributed by atoms with E-state index in [4.69, 9.17) is 9.47 Å². The third-order valence-corrected chi connectivity index (χ3v) is 6.74. The molecule has 0 spiro atoms. The Balaban J connectivity index is 1.91. The fourth-order valence-electron chi connectivity index (χ4n) is 3.97. The number of benzene rings is 3. The van der Waals surface area contributed by atoms with Crippen LogP contribution in [0.25, 0.3) is 5.76 Å². The van der Waals surface area contributed by atoms with Crippen molar-refractivity contribution in [3.8, 4) is 5.75 Å². The van der Waals surface area contributed by atoms with Crippen molar-refractivity contribution < 1.29 is 29.0 Å². The number of aliphatic hydroxyl groups excluding tert-OH is 1. The van der Waals surface area contributed by atoms with Crippen LogP contribution in [0.2, 0.25) is 0 Å². The van der Waals surface area contributed by atoms with Crippen molar-refractivity contribution in [2.24, 2.45) is 0 Å². The number of carbonyl (C=O) groups is 3. The van der Waals surface area contributed by atoms with Crippen molar-refractivity contribution in [3.63, 3.8) is 0 Å². The SMILES string of the molecule is COC(=O)c1ccc([C@@H]2C(=C(O)c3ccc(OC)cc3)C(=O)C(=O)N2c2ccc(C)c(Br)c2)cc1. The zero-order chi connectivity index (χ0) is 25.3. The Kier molecular flexibility index (Phi) is 6.75. The molecular formula is C27H22BrNO6. The van der Waals surface area contributed by atoms with Gasteiger partial charge in [0.25, 0.3) is 11.7 Å². The van der Waals surface area contributed by atoms with Crippen LogP contribution in [0.3, 0.4) is 0 Å². The third-order valence-electron chi connectivity index (χ3n) is 5.89. The third kappa shape index (κ3) is 4.44. The van der Waals surface area contributed by atoms with E-state index in [9.17, 15) is 19.5 Å². The average Bonchev–Trinajstić information content (AvgIpc) is 3.15. The van der Waals surface area contributed by atoms with Gasteiger partial charge in [-0.2, -0.15) is 0 Å². The Morgan fingerprint density at radius 2 is 1.57 bits per heavy atom. The smallest absolute Gasteiger partial charge is 0.337 e. The molecule has 0 unspecified atom stereocenters. The number of aliphatic hydroxyl groups is 1. The normalized spacial score (nSPS) is 16.9. The molecule has 1 N–H and O–H groups in total. The number of Topliss-reactive ketones (excluding diaryl/α,β-unsaturated/α-hetero) is 1. The van der Waals surface area contributed by atoms with Crippen LogP contribution in [0.15, 0.2) is 76.8 Å². The maximum absolute atomic E-state index is 13.3. The minimum atomic E-state index is -0.918. The molecule has 1 saturated heterocycles. The summed E-state index contributed by atoms with van der Waals surface area (Å²) >= 11 is 3.48. The lowest BCUT2D eigenvalue weighted by molar-refractivity contribution is -0.132. The van der Waals surface area contributed by atoms with Gasteiger partial charge in [0.15, 0.2) is 0 Å². The first kappa shape index (κ1) is 24.2. The van der Waals surface area contributed by atoms with E-state index in [1.807, 2.05) is 13.0 Å². The van der Waals surface area contributed by atoms with Gasteiger partial charge >= 0.3 is 5.97 Å². The molecule has 1 aliphatic rings. The summed E-state index contributed by atoms with van der Waals surface area (Å²) in [6, 6.07) is 17.3. The van der Waals surface area contributed by atoms with Gasteiger partial charge < -0.3 is 14.6 Å². The zero-order valence-electron chi connectivity index (χ0n) is 19.2. The first-order valence-electron chi connectivity index (χ1n) is 10.7. The monoisotopic (exact) mass is 535 g/mol. The lowest BCUT2D eigenvalue weighted by Crippen LogP contribution is -2.29. The number of aryl methyl sites for hydroxylation is 1. The van der Waals surface area contributed by atoms with Crippen LogP contribution in [-0.2, 0) is 14.3 Å². The van der Waals surface area contributed by atoms with Gasteiger partial charge in [-0.1, -0.05) is 34.1 Å². The van der Waals surface area contributed by atoms with E-state index in [1.54, 1.807) is 60.7 Å². The number of methoxy groups -OCH3 is 2. The summed E-state index contributed by atoms with van der Waals surface area (Å²) < 4.78 is 10.7. The number of carbonyl (C=O) groups excluding carboxylic acids is 3. The fourth-order valence-corrected chi connectivity index (χ4v) is 4.34. The number of nitrogens with zero attached hydrogens (tertiary/aromatic N) is 1. The van der Waals surface area contributed by atoms with Gasteiger partial charge in [0, 0.05) is 15.7 Å². The quantitative estimate of drug-likeness (QED) is 0.209.